The molecule has 2 heteroatoms. The number of para-hydroxylation sites is 2. The summed E-state index contributed by atoms with van der Waals surface area (Å²) in [5.74, 6) is 0. The van der Waals surface area contributed by atoms with Gasteiger partial charge in [0.2, 0.25) is 0 Å². The van der Waals surface area contributed by atoms with Gasteiger partial charge in [-0.2, -0.15) is 0 Å². The molecule has 0 N–H and O–H groups in total. The minimum absolute atomic E-state index is 0.0311. The molecular formula is C20H15NO. The molecule has 0 spiro atoms. The molecule has 3 aromatic carbocycles. The smallest absolute Gasteiger partial charge is 0.263 e. The zero-order valence-corrected chi connectivity index (χ0v) is 12.3. The maximum absolute atomic E-state index is 13.1. The van der Waals surface area contributed by atoms with Crippen LogP contribution in [0.25, 0.3) is 27.4 Å². The van der Waals surface area contributed by atoms with Crippen LogP contribution in [0.3, 0.4) is 0 Å². The van der Waals surface area contributed by atoms with Crippen LogP contribution in [0.1, 0.15) is 5.56 Å². The predicted molar refractivity (Wildman–Crippen MR) is 91.8 cm³/mol. The monoisotopic (exact) mass is 285 g/mol. The summed E-state index contributed by atoms with van der Waals surface area (Å²) < 4.78 is 1.80. The van der Waals surface area contributed by atoms with Crippen molar-refractivity contribution in [3.63, 3.8) is 0 Å². The number of nitrogens with zero attached hydrogens (tertiary/aromatic N) is 1. The summed E-state index contributed by atoms with van der Waals surface area (Å²) in [7, 11) is 0. The average molecular weight is 285 g/mol. The van der Waals surface area contributed by atoms with Crippen LogP contribution in [0.2, 0.25) is 0 Å². The first-order valence-corrected chi connectivity index (χ1v) is 7.35. The molecule has 0 bridgehead atoms. The maximum atomic E-state index is 13.1. The van der Waals surface area contributed by atoms with E-state index in [1.807, 2.05) is 67.6 Å². The molecule has 0 fully saturated rings. The molecule has 106 valence electrons. The van der Waals surface area contributed by atoms with Crippen LogP contribution in [-0.4, -0.2) is 4.57 Å². The summed E-state index contributed by atoms with van der Waals surface area (Å²) in [6, 6.07) is 24.0. The SMILES string of the molecule is Cc1ccc2c(c1)c(=O)n(-c1ccccc1)c1ccccc21. The second-order valence-corrected chi connectivity index (χ2v) is 5.54. The fraction of sp³-hybridized carbons (Fsp3) is 0.0500. The van der Waals surface area contributed by atoms with E-state index in [0.29, 0.717) is 0 Å². The highest BCUT2D eigenvalue weighted by atomic mass is 16.1. The largest absolute Gasteiger partial charge is 0.276 e. The Bertz CT molecular complexity index is 1050. The summed E-state index contributed by atoms with van der Waals surface area (Å²) >= 11 is 0. The Morgan fingerprint density at radius 2 is 1.45 bits per heavy atom. The molecule has 1 aromatic heterocycles. The summed E-state index contributed by atoms with van der Waals surface area (Å²) in [6.07, 6.45) is 0. The lowest BCUT2D eigenvalue weighted by molar-refractivity contribution is 1.06. The Kier molecular flexibility index (Phi) is 2.83. The van der Waals surface area contributed by atoms with Gasteiger partial charge in [-0.15, -0.1) is 0 Å². The molecule has 0 unspecified atom stereocenters. The highest BCUT2D eigenvalue weighted by Crippen LogP contribution is 2.25. The average Bonchev–Trinajstić information content (AvgIpc) is 2.56. The summed E-state index contributed by atoms with van der Waals surface area (Å²) in [6.45, 7) is 2.01. The molecular weight excluding hydrogens is 270 g/mol. The zero-order chi connectivity index (χ0) is 15.1. The van der Waals surface area contributed by atoms with E-state index in [1.165, 1.54) is 0 Å². The van der Waals surface area contributed by atoms with Gasteiger partial charge in [-0.1, -0.05) is 54.1 Å². The second-order valence-electron chi connectivity index (χ2n) is 5.54. The third-order valence-electron chi connectivity index (χ3n) is 4.06. The van der Waals surface area contributed by atoms with Crippen LogP contribution in [0.5, 0.6) is 0 Å². The first kappa shape index (κ1) is 12.8. The van der Waals surface area contributed by atoms with Crippen LogP contribution >= 0.6 is 0 Å². The lowest BCUT2D eigenvalue weighted by atomic mass is 10.0. The molecule has 22 heavy (non-hydrogen) atoms. The molecule has 4 aromatic rings. The number of aromatic nitrogens is 1. The Balaban J connectivity index is 2.28. The van der Waals surface area contributed by atoms with Gasteiger partial charge in [0.25, 0.3) is 5.56 Å². The van der Waals surface area contributed by atoms with E-state index in [9.17, 15) is 4.79 Å². The van der Waals surface area contributed by atoms with E-state index in [0.717, 1.165) is 32.9 Å². The molecule has 0 radical (unpaired) electrons. The van der Waals surface area contributed by atoms with E-state index in [4.69, 9.17) is 0 Å². The van der Waals surface area contributed by atoms with E-state index in [-0.39, 0.29) is 5.56 Å². The van der Waals surface area contributed by atoms with Crippen molar-refractivity contribution in [3.8, 4) is 5.69 Å². The number of pyridine rings is 1. The molecule has 0 saturated carbocycles. The fourth-order valence-electron chi connectivity index (χ4n) is 3.03. The van der Waals surface area contributed by atoms with Crippen molar-refractivity contribution in [2.24, 2.45) is 0 Å². The highest BCUT2D eigenvalue weighted by molar-refractivity contribution is 6.06. The van der Waals surface area contributed by atoms with Gasteiger partial charge in [-0.3, -0.25) is 9.36 Å². The molecule has 0 amide bonds. The van der Waals surface area contributed by atoms with Gasteiger partial charge < -0.3 is 0 Å². The first-order chi connectivity index (χ1) is 10.8. The quantitative estimate of drug-likeness (QED) is 0.473. The van der Waals surface area contributed by atoms with E-state index in [1.54, 1.807) is 4.57 Å². The number of aryl methyl sites for hydroxylation is 1. The summed E-state index contributed by atoms with van der Waals surface area (Å²) in [5.41, 5.74) is 2.96. The fourth-order valence-corrected chi connectivity index (χ4v) is 3.03. The predicted octanol–water partition coefficient (Wildman–Crippen LogP) is 4.45. The number of hydrogen-bond acceptors (Lipinski definition) is 1. The van der Waals surface area contributed by atoms with Crippen LogP contribution < -0.4 is 5.56 Å². The van der Waals surface area contributed by atoms with E-state index < -0.39 is 0 Å². The minimum Gasteiger partial charge on any atom is -0.276 e. The zero-order valence-electron chi connectivity index (χ0n) is 12.3. The Morgan fingerprint density at radius 3 is 2.27 bits per heavy atom. The number of rotatable bonds is 1. The molecule has 0 aliphatic heterocycles. The third kappa shape index (κ3) is 1.85. The van der Waals surface area contributed by atoms with Crippen molar-refractivity contribution >= 4 is 21.7 Å². The second kappa shape index (κ2) is 4.85. The van der Waals surface area contributed by atoms with Crippen LogP contribution in [-0.2, 0) is 0 Å². The van der Waals surface area contributed by atoms with Crippen LogP contribution in [0.4, 0.5) is 0 Å². The standard InChI is InChI=1S/C20H15NO/c1-14-11-12-16-17-9-5-6-10-19(17)21(20(22)18(16)13-14)15-7-3-2-4-8-15/h2-13H,1H3. The molecule has 2 nitrogen and oxygen atoms in total. The maximum Gasteiger partial charge on any atom is 0.263 e. The van der Waals surface area contributed by atoms with Gasteiger partial charge in [0.15, 0.2) is 0 Å². The molecule has 0 aliphatic rings. The summed E-state index contributed by atoms with van der Waals surface area (Å²) in [5, 5.41) is 2.88. The van der Waals surface area contributed by atoms with Crippen molar-refractivity contribution in [2.75, 3.05) is 0 Å². The number of fused-ring (bicyclic) bond motifs is 3. The summed E-state index contributed by atoms with van der Waals surface area (Å²) in [4.78, 5) is 13.1. The van der Waals surface area contributed by atoms with Gasteiger partial charge >= 0.3 is 0 Å². The van der Waals surface area contributed by atoms with Crippen LogP contribution in [0.15, 0.2) is 77.6 Å². The van der Waals surface area contributed by atoms with Crippen molar-refractivity contribution < 1.29 is 0 Å². The molecule has 4 rings (SSSR count). The molecule has 0 saturated heterocycles. The lowest BCUT2D eigenvalue weighted by Crippen LogP contribution is -2.19. The Labute approximate surface area is 128 Å². The van der Waals surface area contributed by atoms with E-state index >= 15 is 0 Å². The highest BCUT2D eigenvalue weighted by Gasteiger charge is 2.11. The molecule has 1 heterocycles. The van der Waals surface area contributed by atoms with Gasteiger partial charge in [0.05, 0.1) is 5.52 Å². The topological polar surface area (TPSA) is 22.0 Å². The van der Waals surface area contributed by atoms with E-state index in [2.05, 4.69) is 12.1 Å². The number of hydrogen-bond donors (Lipinski definition) is 0. The van der Waals surface area contributed by atoms with Gasteiger partial charge in [0, 0.05) is 16.5 Å². The van der Waals surface area contributed by atoms with Crippen LogP contribution in [0, 0.1) is 6.92 Å². The van der Waals surface area contributed by atoms with Crippen molar-refractivity contribution in [3.05, 3.63) is 88.7 Å². The van der Waals surface area contributed by atoms with Crippen molar-refractivity contribution in [1.82, 2.24) is 4.57 Å². The number of benzene rings is 3. The normalized spacial score (nSPS) is 11.1. The molecule has 0 aliphatic carbocycles. The minimum atomic E-state index is 0.0311. The van der Waals surface area contributed by atoms with Gasteiger partial charge in [-0.25, -0.2) is 0 Å². The first-order valence-electron chi connectivity index (χ1n) is 7.35. The van der Waals surface area contributed by atoms with Gasteiger partial charge in [-0.05, 0) is 36.6 Å². The lowest BCUT2D eigenvalue weighted by Gasteiger charge is -2.13. The third-order valence-corrected chi connectivity index (χ3v) is 4.06. The van der Waals surface area contributed by atoms with Gasteiger partial charge in [0.1, 0.15) is 0 Å². The Morgan fingerprint density at radius 1 is 0.727 bits per heavy atom. The Hall–Kier alpha value is -2.87. The molecule has 0 atom stereocenters. The van der Waals surface area contributed by atoms with Crippen molar-refractivity contribution in [2.45, 2.75) is 6.92 Å². The van der Waals surface area contributed by atoms with Crippen molar-refractivity contribution in [1.29, 1.82) is 0 Å².